The SMILES string of the molecule is Cc1[nH]c2ccccc2c1C(=O)CSc1nc(CSc2ccc(Cl)cc2)cc(=O)[nH]1. The summed E-state index contributed by atoms with van der Waals surface area (Å²) in [5.41, 5.74) is 2.91. The van der Waals surface area contributed by atoms with Gasteiger partial charge < -0.3 is 9.97 Å². The summed E-state index contributed by atoms with van der Waals surface area (Å²) in [6, 6.07) is 16.7. The second kappa shape index (κ2) is 9.12. The van der Waals surface area contributed by atoms with Gasteiger partial charge in [-0.2, -0.15) is 0 Å². The molecule has 0 saturated carbocycles. The maximum atomic E-state index is 12.8. The number of nitrogens with zero attached hydrogens (tertiary/aromatic N) is 1. The summed E-state index contributed by atoms with van der Waals surface area (Å²) in [4.78, 5) is 36.4. The molecule has 30 heavy (non-hydrogen) atoms. The molecular weight excluding hydrogens is 438 g/mol. The number of nitrogens with one attached hydrogen (secondary N) is 2. The van der Waals surface area contributed by atoms with Crippen molar-refractivity contribution in [1.29, 1.82) is 0 Å². The lowest BCUT2D eigenvalue weighted by atomic mass is 10.1. The number of benzene rings is 2. The van der Waals surface area contributed by atoms with E-state index in [4.69, 9.17) is 11.6 Å². The number of thioether (sulfide) groups is 2. The molecule has 2 heterocycles. The van der Waals surface area contributed by atoms with E-state index in [-0.39, 0.29) is 17.1 Å². The first kappa shape index (κ1) is 20.8. The van der Waals surface area contributed by atoms with Crippen LogP contribution in [0, 0.1) is 6.92 Å². The Morgan fingerprint density at radius 3 is 2.63 bits per heavy atom. The number of rotatable bonds is 7. The van der Waals surface area contributed by atoms with E-state index in [9.17, 15) is 9.59 Å². The monoisotopic (exact) mass is 455 g/mol. The summed E-state index contributed by atoms with van der Waals surface area (Å²) >= 11 is 8.72. The average molecular weight is 456 g/mol. The molecule has 0 radical (unpaired) electrons. The van der Waals surface area contributed by atoms with Gasteiger partial charge in [0.25, 0.3) is 5.56 Å². The molecule has 0 amide bonds. The highest BCUT2D eigenvalue weighted by molar-refractivity contribution is 7.99. The van der Waals surface area contributed by atoms with Crippen LogP contribution in [0.1, 0.15) is 21.7 Å². The summed E-state index contributed by atoms with van der Waals surface area (Å²) in [6.07, 6.45) is 0. The van der Waals surface area contributed by atoms with Crippen molar-refractivity contribution in [2.45, 2.75) is 22.7 Å². The Kier molecular flexibility index (Phi) is 6.32. The van der Waals surface area contributed by atoms with Gasteiger partial charge in [-0.05, 0) is 37.3 Å². The third-order valence-corrected chi connectivity index (χ3v) is 6.66. The molecule has 8 heteroatoms. The molecule has 2 aromatic carbocycles. The highest BCUT2D eigenvalue weighted by Gasteiger charge is 2.16. The predicted molar refractivity (Wildman–Crippen MR) is 124 cm³/mol. The van der Waals surface area contributed by atoms with Crippen LogP contribution in [-0.2, 0) is 5.75 Å². The minimum atomic E-state index is -0.227. The largest absolute Gasteiger partial charge is 0.358 e. The van der Waals surface area contributed by atoms with Gasteiger partial charge in [0.15, 0.2) is 10.9 Å². The third-order valence-electron chi connectivity index (χ3n) is 4.49. The van der Waals surface area contributed by atoms with Crippen LogP contribution in [0.25, 0.3) is 10.9 Å². The van der Waals surface area contributed by atoms with Crippen LogP contribution in [0.5, 0.6) is 0 Å². The third kappa shape index (κ3) is 4.80. The number of hydrogen-bond acceptors (Lipinski definition) is 5. The molecule has 5 nitrogen and oxygen atoms in total. The Labute approximate surface area is 186 Å². The van der Waals surface area contributed by atoms with E-state index >= 15 is 0 Å². The molecule has 0 spiro atoms. The van der Waals surface area contributed by atoms with Gasteiger partial charge in [-0.1, -0.05) is 41.6 Å². The van der Waals surface area contributed by atoms with Crippen LogP contribution >= 0.6 is 35.1 Å². The van der Waals surface area contributed by atoms with E-state index in [0.717, 1.165) is 21.5 Å². The van der Waals surface area contributed by atoms with E-state index < -0.39 is 0 Å². The van der Waals surface area contributed by atoms with Crippen molar-refractivity contribution in [3.05, 3.63) is 86.9 Å². The number of ketones is 1. The van der Waals surface area contributed by atoms with Gasteiger partial charge in [-0.25, -0.2) is 4.98 Å². The molecule has 0 bridgehead atoms. The maximum absolute atomic E-state index is 12.8. The van der Waals surface area contributed by atoms with E-state index in [0.29, 0.717) is 27.2 Å². The predicted octanol–water partition coefficient (Wildman–Crippen LogP) is 5.48. The summed E-state index contributed by atoms with van der Waals surface area (Å²) < 4.78 is 0. The second-order valence-corrected chi connectivity index (χ2v) is 9.12. The minimum absolute atomic E-state index is 0.00135. The Bertz CT molecular complexity index is 1270. The van der Waals surface area contributed by atoms with Gasteiger partial charge in [0.1, 0.15) is 0 Å². The fourth-order valence-electron chi connectivity index (χ4n) is 3.16. The Hall–Kier alpha value is -2.48. The maximum Gasteiger partial charge on any atom is 0.251 e. The van der Waals surface area contributed by atoms with Crippen molar-refractivity contribution in [2.75, 3.05) is 5.75 Å². The first-order chi connectivity index (χ1) is 14.5. The topological polar surface area (TPSA) is 78.6 Å². The number of para-hydroxylation sites is 1. The Balaban J connectivity index is 1.45. The lowest BCUT2D eigenvalue weighted by Gasteiger charge is -2.05. The number of aromatic nitrogens is 3. The second-order valence-electron chi connectivity index (χ2n) is 6.67. The van der Waals surface area contributed by atoms with Crippen molar-refractivity contribution >= 4 is 51.8 Å². The average Bonchev–Trinajstić information content (AvgIpc) is 3.07. The number of aromatic amines is 2. The molecule has 0 aliphatic rings. The van der Waals surface area contributed by atoms with Gasteiger partial charge in [0, 0.05) is 43.9 Å². The van der Waals surface area contributed by atoms with E-state index in [1.807, 2.05) is 55.5 Å². The van der Waals surface area contributed by atoms with E-state index in [1.54, 1.807) is 11.8 Å². The van der Waals surface area contributed by atoms with Gasteiger partial charge >= 0.3 is 0 Å². The Morgan fingerprint density at radius 1 is 1.07 bits per heavy atom. The van der Waals surface area contributed by atoms with Crippen LogP contribution in [-0.4, -0.2) is 26.5 Å². The fourth-order valence-corrected chi connectivity index (χ4v) is 4.84. The molecule has 0 aliphatic carbocycles. The molecular formula is C22H18ClN3O2S2. The van der Waals surface area contributed by atoms with E-state index in [2.05, 4.69) is 15.0 Å². The first-order valence-electron chi connectivity index (χ1n) is 9.21. The number of H-pyrrole nitrogens is 2. The van der Waals surface area contributed by atoms with Crippen molar-refractivity contribution < 1.29 is 4.79 Å². The smallest absolute Gasteiger partial charge is 0.251 e. The van der Waals surface area contributed by atoms with Crippen LogP contribution in [0.3, 0.4) is 0 Å². The number of fused-ring (bicyclic) bond motifs is 1. The zero-order valence-electron chi connectivity index (χ0n) is 16.1. The number of aryl methyl sites for hydroxylation is 1. The number of carbonyl (C=O) groups excluding carboxylic acids is 1. The summed E-state index contributed by atoms with van der Waals surface area (Å²) in [5.74, 6) is 0.743. The fraction of sp³-hybridized carbons (Fsp3) is 0.136. The van der Waals surface area contributed by atoms with Crippen molar-refractivity contribution in [3.63, 3.8) is 0 Å². The molecule has 0 saturated heterocycles. The summed E-state index contributed by atoms with van der Waals surface area (Å²) in [6.45, 7) is 1.90. The van der Waals surface area contributed by atoms with Gasteiger partial charge in [0.05, 0.1) is 11.4 Å². The summed E-state index contributed by atoms with van der Waals surface area (Å²) in [5, 5.41) is 2.04. The molecule has 2 aromatic heterocycles. The van der Waals surface area contributed by atoms with Crippen molar-refractivity contribution in [1.82, 2.24) is 15.0 Å². The molecule has 152 valence electrons. The number of hydrogen-bond donors (Lipinski definition) is 2. The number of Topliss-reactive ketones (excluding diaryl/α,β-unsaturated/α-hetero) is 1. The lowest BCUT2D eigenvalue weighted by Crippen LogP contribution is -2.11. The standard InChI is InChI=1S/C22H18ClN3O2S2/c1-13-21(17-4-2-3-5-18(17)24-13)19(27)12-30-22-25-15(10-20(28)26-22)11-29-16-8-6-14(23)7-9-16/h2-10,24H,11-12H2,1H3,(H,25,26,28). The zero-order chi connectivity index (χ0) is 21.1. The highest BCUT2D eigenvalue weighted by Crippen LogP contribution is 2.26. The molecule has 0 unspecified atom stereocenters. The molecule has 0 atom stereocenters. The Morgan fingerprint density at radius 2 is 1.83 bits per heavy atom. The van der Waals surface area contributed by atoms with Crippen LogP contribution in [0.15, 0.2) is 69.4 Å². The van der Waals surface area contributed by atoms with Crippen LogP contribution in [0.2, 0.25) is 5.02 Å². The molecule has 0 aliphatic heterocycles. The van der Waals surface area contributed by atoms with Crippen molar-refractivity contribution in [2.24, 2.45) is 0 Å². The minimum Gasteiger partial charge on any atom is -0.358 e. The number of halogens is 1. The quantitative estimate of drug-likeness (QED) is 0.219. The molecule has 0 fully saturated rings. The normalized spacial score (nSPS) is 11.1. The van der Waals surface area contributed by atoms with Gasteiger partial charge in [0.2, 0.25) is 0 Å². The van der Waals surface area contributed by atoms with E-state index in [1.165, 1.54) is 17.8 Å². The highest BCUT2D eigenvalue weighted by atomic mass is 35.5. The lowest BCUT2D eigenvalue weighted by molar-refractivity contribution is 0.102. The number of carbonyl (C=O) groups is 1. The van der Waals surface area contributed by atoms with Crippen molar-refractivity contribution in [3.8, 4) is 0 Å². The zero-order valence-corrected chi connectivity index (χ0v) is 18.5. The molecule has 4 rings (SSSR count). The summed E-state index contributed by atoms with van der Waals surface area (Å²) in [7, 11) is 0. The van der Waals surface area contributed by atoms with Gasteiger partial charge in [-0.3, -0.25) is 9.59 Å². The van der Waals surface area contributed by atoms with Crippen LogP contribution in [0.4, 0.5) is 0 Å². The van der Waals surface area contributed by atoms with Crippen LogP contribution < -0.4 is 5.56 Å². The first-order valence-corrected chi connectivity index (χ1v) is 11.6. The van der Waals surface area contributed by atoms with Gasteiger partial charge in [-0.15, -0.1) is 11.8 Å². The molecule has 4 aromatic rings. The molecule has 2 N–H and O–H groups in total.